The van der Waals surface area contributed by atoms with Crippen LogP contribution in [0.3, 0.4) is 0 Å². The fourth-order valence-electron chi connectivity index (χ4n) is 2.83. The van der Waals surface area contributed by atoms with E-state index in [0.29, 0.717) is 6.54 Å². The molecule has 0 radical (unpaired) electrons. The summed E-state index contributed by atoms with van der Waals surface area (Å²) in [5.41, 5.74) is 2.07. The third-order valence-electron chi connectivity index (χ3n) is 4.23. The number of benzene rings is 1. The van der Waals surface area contributed by atoms with Crippen molar-refractivity contribution in [3.05, 3.63) is 36.2 Å². The number of nitrogens with zero attached hydrogens (tertiary/aromatic N) is 3. The number of guanidine groups is 1. The number of rotatable bonds is 5. The Balaban J connectivity index is 0.00000225. The molecule has 1 aliphatic rings. The first-order valence-corrected chi connectivity index (χ1v) is 8.22. The molecule has 1 unspecified atom stereocenters. The first kappa shape index (κ1) is 19.6. The Hall–Kier alpha value is -1.68. The molecule has 1 atom stereocenters. The minimum Gasteiger partial charge on any atom is -0.373 e. The van der Waals surface area contributed by atoms with Gasteiger partial charge < -0.3 is 15.4 Å². The molecule has 0 aliphatic carbocycles. The second-order valence-electron chi connectivity index (χ2n) is 6.22. The Bertz CT molecular complexity index is 682. The maximum atomic E-state index is 5.79. The third-order valence-corrected chi connectivity index (χ3v) is 4.23. The molecule has 7 nitrogen and oxygen atoms in total. The smallest absolute Gasteiger partial charge is 0.191 e. The quantitative estimate of drug-likeness (QED) is 0.365. The number of nitrogens with one attached hydrogen (secondary N) is 3. The molecule has 3 rings (SSSR count). The molecule has 0 saturated carbocycles. The maximum absolute atomic E-state index is 5.79. The Morgan fingerprint density at radius 2 is 2.28 bits per heavy atom. The van der Waals surface area contributed by atoms with Crippen LogP contribution in [0.1, 0.15) is 25.3 Å². The lowest BCUT2D eigenvalue weighted by Crippen LogP contribution is -2.45. The van der Waals surface area contributed by atoms with Gasteiger partial charge in [-0.05, 0) is 31.4 Å². The van der Waals surface area contributed by atoms with Crippen LogP contribution in [0, 0.1) is 0 Å². The summed E-state index contributed by atoms with van der Waals surface area (Å²) in [4.78, 5) is 8.46. The minimum atomic E-state index is -0.0934. The van der Waals surface area contributed by atoms with Crippen molar-refractivity contribution >= 4 is 29.9 Å². The van der Waals surface area contributed by atoms with E-state index in [9.17, 15) is 0 Å². The van der Waals surface area contributed by atoms with Crippen LogP contribution in [0.15, 0.2) is 35.6 Å². The lowest BCUT2D eigenvalue weighted by atomic mass is 10.0. The normalized spacial score (nSPS) is 20.2. The molecule has 2 heterocycles. The van der Waals surface area contributed by atoms with E-state index in [4.69, 9.17) is 4.74 Å². The van der Waals surface area contributed by atoms with Crippen LogP contribution in [0.2, 0.25) is 0 Å². The highest BCUT2D eigenvalue weighted by molar-refractivity contribution is 14.0. The van der Waals surface area contributed by atoms with Crippen molar-refractivity contribution < 1.29 is 4.74 Å². The molecule has 1 fully saturated rings. The molecular formula is C17H25IN6O. The first-order valence-electron chi connectivity index (χ1n) is 8.22. The lowest BCUT2D eigenvalue weighted by molar-refractivity contribution is 0.0243. The number of H-pyrrole nitrogens is 1. The lowest BCUT2D eigenvalue weighted by Gasteiger charge is -2.24. The van der Waals surface area contributed by atoms with Gasteiger partial charge in [0, 0.05) is 32.3 Å². The predicted molar refractivity (Wildman–Crippen MR) is 109 cm³/mol. The zero-order valence-electron chi connectivity index (χ0n) is 14.6. The number of hydrogen-bond donors (Lipinski definition) is 3. The molecule has 1 aromatic carbocycles. The maximum Gasteiger partial charge on any atom is 0.191 e. The Morgan fingerprint density at radius 1 is 1.40 bits per heavy atom. The van der Waals surface area contributed by atoms with E-state index in [-0.39, 0.29) is 29.6 Å². The fraction of sp³-hybridized carbons (Fsp3) is 0.471. The number of ether oxygens (including phenoxy) is 1. The highest BCUT2D eigenvalue weighted by atomic mass is 127. The van der Waals surface area contributed by atoms with E-state index >= 15 is 0 Å². The SMILES string of the molecule is CN=C(NCc1cccc(-c2ncn[nH]2)c1)NCC1(C)CCCO1.I. The molecule has 25 heavy (non-hydrogen) atoms. The standard InChI is InChI=1S/C17H24N6O.HI/c1-17(7-4-8-24-17)11-20-16(18-2)19-10-13-5-3-6-14(9-13)15-21-12-22-23-15;/h3,5-6,9,12H,4,7-8,10-11H2,1-2H3,(H2,18,19,20)(H,21,22,23);1H. The van der Waals surface area contributed by atoms with Crippen LogP contribution < -0.4 is 10.6 Å². The number of aliphatic imine (C=N–C) groups is 1. The van der Waals surface area contributed by atoms with Crippen LogP contribution in [-0.4, -0.2) is 46.9 Å². The van der Waals surface area contributed by atoms with Crippen LogP contribution in [-0.2, 0) is 11.3 Å². The van der Waals surface area contributed by atoms with Crippen molar-refractivity contribution in [2.75, 3.05) is 20.2 Å². The molecule has 2 aromatic rings. The second-order valence-corrected chi connectivity index (χ2v) is 6.22. The van der Waals surface area contributed by atoms with Gasteiger partial charge in [0.25, 0.3) is 0 Å². The van der Waals surface area contributed by atoms with Gasteiger partial charge in [0.1, 0.15) is 6.33 Å². The molecule has 0 spiro atoms. The van der Waals surface area contributed by atoms with Gasteiger partial charge in [0.05, 0.1) is 5.60 Å². The van der Waals surface area contributed by atoms with Crippen molar-refractivity contribution in [3.8, 4) is 11.4 Å². The number of aromatic nitrogens is 3. The second kappa shape index (κ2) is 9.14. The van der Waals surface area contributed by atoms with E-state index in [1.165, 1.54) is 6.33 Å². The molecule has 1 saturated heterocycles. The van der Waals surface area contributed by atoms with Crippen molar-refractivity contribution in [1.82, 2.24) is 25.8 Å². The number of aromatic amines is 1. The molecular weight excluding hydrogens is 431 g/mol. The molecule has 3 N–H and O–H groups in total. The predicted octanol–water partition coefficient (Wildman–Crippen LogP) is 2.32. The summed E-state index contributed by atoms with van der Waals surface area (Å²) >= 11 is 0. The largest absolute Gasteiger partial charge is 0.373 e. The van der Waals surface area contributed by atoms with E-state index in [0.717, 1.165) is 48.9 Å². The number of hydrogen-bond acceptors (Lipinski definition) is 4. The highest BCUT2D eigenvalue weighted by Gasteiger charge is 2.29. The summed E-state index contributed by atoms with van der Waals surface area (Å²) in [6.45, 7) is 4.42. The van der Waals surface area contributed by atoms with Crippen molar-refractivity contribution in [2.45, 2.75) is 31.9 Å². The van der Waals surface area contributed by atoms with Gasteiger partial charge in [0.2, 0.25) is 0 Å². The summed E-state index contributed by atoms with van der Waals surface area (Å²) in [5, 5.41) is 13.5. The van der Waals surface area contributed by atoms with Gasteiger partial charge in [-0.25, -0.2) is 4.98 Å². The van der Waals surface area contributed by atoms with E-state index in [2.05, 4.69) is 49.9 Å². The van der Waals surface area contributed by atoms with E-state index < -0.39 is 0 Å². The summed E-state index contributed by atoms with van der Waals surface area (Å²) in [6, 6.07) is 8.18. The van der Waals surface area contributed by atoms with Crippen molar-refractivity contribution in [1.29, 1.82) is 0 Å². The van der Waals surface area contributed by atoms with Gasteiger partial charge in [-0.15, -0.1) is 24.0 Å². The number of halogens is 1. The van der Waals surface area contributed by atoms with Crippen LogP contribution in [0.4, 0.5) is 0 Å². The highest BCUT2D eigenvalue weighted by Crippen LogP contribution is 2.23. The van der Waals surface area contributed by atoms with E-state index in [1.807, 2.05) is 12.1 Å². The fourth-order valence-corrected chi connectivity index (χ4v) is 2.83. The topological polar surface area (TPSA) is 87.2 Å². The summed E-state index contributed by atoms with van der Waals surface area (Å²) in [7, 11) is 1.78. The van der Waals surface area contributed by atoms with Crippen molar-refractivity contribution in [2.24, 2.45) is 4.99 Å². The zero-order chi connectivity index (χ0) is 16.8. The molecule has 1 aromatic heterocycles. The monoisotopic (exact) mass is 456 g/mol. The molecule has 1 aliphatic heterocycles. The van der Waals surface area contributed by atoms with Gasteiger partial charge in [-0.2, -0.15) is 5.10 Å². The van der Waals surface area contributed by atoms with Gasteiger partial charge in [0.15, 0.2) is 11.8 Å². The van der Waals surface area contributed by atoms with Crippen LogP contribution >= 0.6 is 24.0 Å². The average molecular weight is 456 g/mol. The van der Waals surface area contributed by atoms with Gasteiger partial charge in [-0.1, -0.05) is 18.2 Å². The molecule has 136 valence electrons. The average Bonchev–Trinajstić information content (AvgIpc) is 3.27. The Morgan fingerprint density at radius 3 is 2.96 bits per heavy atom. The summed E-state index contributed by atoms with van der Waals surface area (Å²) in [5.74, 6) is 1.54. The van der Waals surface area contributed by atoms with E-state index in [1.54, 1.807) is 7.05 Å². The first-order chi connectivity index (χ1) is 11.7. The third kappa shape index (κ3) is 5.40. The van der Waals surface area contributed by atoms with Crippen LogP contribution in [0.25, 0.3) is 11.4 Å². The van der Waals surface area contributed by atoms with Gasteiger partial charge >= 0.3 is 0 Å². The van der Waals surface area contributed by atoms with Crippen LogP contribution in [0.5, 0.6) is 0 Å². The zero-order valence-corrected chi connectivity index (χ0v) is 16.9. The van der Waals surface area contributed by atoms with Gasteiger partial charge in [-0.3, -0.25) is 10.1 Å². The minimum absolute atomic E-state index is 0. The molecule has 8 heteroatoms. The Labute approximate surface area is 165 Å². The van der Waals surface area contributed by atoms with Crippen molar-refractivity contribution in [3.63, 3.8) is 0 Å². The Kier molecular flexibility index (Phi) is 7.18. The summed E-state index contributed by atoms with van der Waals surface area (Å²) < 4.78 is 5.79. The molecule has 0 amide bonds. The molecule has 0 bridgehead atoms. The summed E-state index contributed by atoms with van der Waals surface area (Å²) in [6.07, 6.45) is 3.71.